The Morgan fingerprint density at radius 1 is 0.961 bits per heavy atom. The number of aliphatic hydroxyl groups excluding tert-OH is 1. The lowest BCUT2D eigenvalue weighted by Gasteiger charge is -2.38. The quantitative estimate of drug-likeness (QED) is 0.296. The average Bonchev–Trinajstić information content (AvgIpc) is 3.62. The Kier molecular flexibility index (Phi) is 12.2. The molecule has 3 heterocycles. The highest BCUT2D eigenvalue weighted by Crippen LogP contribution is 2.22. The molecular formula is C37H46N6O8. The fourth-order valence-electron chi connectivity index (χ4n) is 6.26. The molecule has 0 unspecified atom stereocenters. The molecule has 6 atom stereocenters. The number of amides is 5. The zero-order valence-corrected chi connectivity index (χ0v) is 29.3. The van der Waals surface area contributed by atoms with E-state index in [1.807, 2.05) is 62.4 Å². The monoisotopic (exact) mass is 702 g/mol. The SMILES string of the molecule is CC(C)C[C@H]1NC(=O)CN(C(=O)c2cc(-c3ccccc3)on2)C[C@H]2OCC[C@H](NC(=O)[C@H](Cc3ccccc3)NC(=O)[C@H](C)N(C)C1=O)[C@@H]2O. The van der Waals surface area contributed by atoms with Crippen molar-refractivity contribution in [3.63, 3.8) is 0 Å². The summed E-state index contributed by atoms with van der Waals surface area (Å²) < 4.78 is 11.4. The van der Waals surface area contributed by atoms with Gasteiger partial charge in [0.1, 0.15) is 36.9 Å². The van der Waals surface area contributed by atoms with Gasteiger partial charge >= 0.3 is 0 Å². The van der Waals surface area contributed by atoms with E-state index in [4.69, 9.17) is 9.26 Å². The van der Waals surface area contributed by atoms with E-state index in [1.54, 1.807) is 19.1 Å². The number of carbonyl (C=O) groups is 5. The van der Waals surface area contributed by atoms with E-state index in [9.17, 15) is 29.1 Å². The fourth-order valence-corrected chi connectivity index (χ4v) is 6.26. The zero-order valence-electron chi connectivity index (χ0n) is 29.3. The van der Waals surface area contributed by atoms with Gasteiger partial charge in [-0.15, -0.1) is 0 Å². The minimum atomic E-state index is -1.28. The van der Waals surface area contributed by atoms with Crippen LogP contribution in [-0.4, -0.2) is 113 Å². The van der Waals surface area contributed by atoms with E-state index >= 15 is 0 Å². The van der Waals surface area contributed by atoms with Crippen LogP contribution in [0.25, 0.3) is 11.3 Å². The molecule has 1 aromatic heterocycles. The van der Waals surface area contributed by atoms with Gasteiger partial charge in [-0.05, 0) is 31.2 Å². The van der Waals surface area contributed by atoms with Crippen molar-refractivity contribution in [3.8, 4) is 11.3 Å². The topological polar surface area (TPSA) is 183 Å². The highest BCUT2D eigenvalue weighted by Gasteiger charge is 2.39. The van der Waals surface area contributed by atoms with Crippen molar-refractivity contribution in [2.75, 3.05) is 26.7 Å². The fraction of sp³-hybridized carbons (Fsp3) is 0.459. The maximum atomic E-state index is 14.0. The normalized spacial score (nSPS) is 25.5. The first-order valence-electron chi connectivity index (χ1n) is 17.2. The van der Waals surface area contributed by atoms with E-state index < -0.39 is 72.5 Å². The Labute approximate surface area is 296 Å². The highest BCUT2D eigenvalue weighted by atomic mass is 16.5. The maximum absolute atomic E-state index is 14.0. The number of hydrogen-bond acceptors (Lipinski definition) is 9. The number of benzene rings is 2. The highest BCUT2D eigenvalue weighted by molar-refractivity contribution is 5.97. The van der Waals surface area contributed by atoms with Crippen LogP contribution in [0.1, 0.15) is 49.7 Å². The number of aliphatic hydroxyl groups is 1. The molecule has 5 amide bonds. The van der Waals surface area contributed by atoms with Crippen LogP contribution < -0.4 is 16.0 Å². The minimum absolute atomic E-state index is 0.0168. The molecule has 3 aromatic rings. The largest absolute Gasteiger partial charge is 0.388 e. The molecule has 2 fully saturated rings. The first-order chi connectivity index (χ1) is 24.4. The van der Waals surface area contributed by atoms with Crippen LogP contribution in [0.15, 0.2) is 71.3 Å². The van der Waals surface area contributed by atoms with Gasteiger partial charge in [-0.1, -0.05) is 79.7 Å². The van der Waals surface area contributed by atoms with Crippen molar-refractivity contribution >= 4 is 29.5 Å². The smallest absolute Gasteiger partial charge is 0.276 e. The van der Waals surface area contributed by atoms with Gasteiger partial charge in [0.25, 0.3) is 5.91 Å². The Hall–Kier alpha value is -5.08. The summed E-state index contributed by atoms with van der Waals surface area (Å²) in [6, 6.07) is 15.9. The molecule has 14 heteroatoms. The molecule has 0 spiro atoms. The molecule has 4 N–H and O–H groups in total. The Balaban J connectivity index is 1.48. The maximum Gasteiger partial charge on any atom is 0.276 e. The van der Waals surface area contributed by atoms with Gasteiger partial charge in [0, 0.05) is 31.7 Å². The Bertz CT molecular complexity index is 1680. The van der Waals surface area contributed by atoms with Gasteiger partial charge in [0.2, 0.25) is 23.6 Å². The summed E-state index contributed by atoms with van der Waals surface area (Å²) in [5.41, 5.74) is 1.42. The van der Waals surface area contributed by atoms with E-state index in [1.165, 1.54) is 22.9 Å². The lowest BCUT2D eigenvalue weighted by molar-refractivity contribution is -0.142. The second-order valence-electron chi connectivity index (χ2n) is 13.6. The Morgan fingerprint density at radius 3 is 2.33 bits per heavy atom. The molecule has 0 saturated carbocycles. The first kappa shape index (κ1) is 37.2. The second-order valence-corrected chi connectivity index (χ2v) is 13.6. The first-order valence-corrected chi connectivity index (χ1v) is 17.2. The summed E-state index contributed by atoms with van der Waals surface area (Å²) in [6.45, 7) is 4.74. The van der Waals surface area contributed by atoms with Crippen molar-refractivity contribution in [2.45, 2.75) is 76.4 Å². The number of likely N-dealkylation sites (N-methyl/N-ethyl adjacent to an activating group) is 1. The zero-order chi connectivity index (χ0) is 36.7. The molecule has 0 aliphatic carbocycles. The van der Waals surface area contributed by atoms with Crippen molar-refractivity contribution < 1.29 is 38.3 Å². The number of aromatic nitrogens is 1. The minimum Gasteiger partial charge on any atom is -0.388 e. The van der Waals surface area contributed by atoms with Crippen LogP contribution in [-0.2, 0) is 30.3 Å². The van der Waals surface area contributed by atoms with Crippen molar-refractivity contribution in [1.29, 1.82) is 0 Å². The summed E-state index contributed by atoms with van der Waals surface area (Å²) in [6.07, 6.45) is -1.60. The molecule has 2 saturated heterocycles. The van der Waals surface area contributed by atoms with E-state index in [0.29, 0.717) is 11.3 Å². The van der Waals surface area contributed by atoms with Gasteiger partial charge in [-0.3, -0.25) is 24.0 Å². The third kappa shape index (κ3) is 9.38. The third-order valence-corrected chi connectivity index (χ3v) is 9.26. The number of ether oxygens (including phenoxy) is 1. The number of rotatable bonds is 6. The summed E-state index contributed by atoms with van der Waals surface area (Å²) in [4.78, 5) is 71.3. The molecule has 2 aliphatic rings. The molecule has 5 rings (SSSR count). The predicted octanol–water partition coefficient (Wildman–Crippen LogP) is 1.54. The van der Waals surface area contributed by atoms with Gasteiger partial charge < -0.3 is 40.1 Å². The molecule has 2 aromatic carbocycles. The molecule has 2 aliphatic heterocycles. The molecule has 2 bridgehead atoms. The number of fused-ring (bicyclic) bond motifs is 2. The molecule has 272 valence electrons. The number of nitrogens with one attached hydrogen (secondary N) is 3. The summed E-state index contributed by atoms with van der Waals surface area (Å²) in [5.74, 6) is -2.57. The Morgan fingerprint density at radius 2 is 1.65 bits per heavy atom. The van der Waals surface area contributed by atoms with Crippen LogP contribution in [0.5, 0.6) is 0 Å². The summed E-state index contributed by atoms with van der Waals surface area (Å²) in [5, 5.41) is 23.9. The average molecular weight is 703 g/mol. The van der Waals surface area contributed by atoms with Gasteiger partial charge in [-0.2, -0.15) is 0 Å². The van der Waals surface area contributed by atoms with Crippen LogP contribution >= 0.6 is 0 Å². The standard InChI is InChI=1S/C37H46N6O8/c1-22(2)17-28-36(48)42(4)23(3)34(46)40-27(18-24-11-7-5-8-12-24)35(47)39-26-15-16-50-31(33(26)45)20-43(21-32(44)38-28)37(49)29-19-30(51-41-29)25-13-9-6-10-14-25/h5-14,19,22-23,26-28,31,33,45H,15-18,20-21H2,1-4H3,(H,38,44)(H,39,47)(H,40,46)/t23-,26-,27-,28+,31+,33-/m0/s1. The number of carbonyl (C=O) groups excluding carboxylic acids is 5. The van der Waals surface area contributed by atoms with Crippen LogP contribution in [0.2, 0.25) is 0 Å². The molecular weight excluding hydrogens is 656 g/mol. The molecule has 0 radical (unpaired) electrons. The van der Waals surface area contributed by atoms with Crippen molar-refractivity contribution in [3.05, 3.63) is 78.0 Å². The number of nitrogens with zero attached hydrogens (tertiary/aromatic N) is 3. The second kappa shape index (κ2) is 16.8. The van der Waals surface area contributed by atoms with E-state index in [0.717, 1.165) is 5.56 Å². The summed E-state index contributed by atoms with van der Waals surface area (Å²) >= 11 is 0. The lowest BCUT2D eigenvalue weighted by atomic mass is 9.97. The summed E-state index contributed by atoms with van der Waals surface area (Å²) in [7, 11) is 1.47. The van der Waals surface area contributed by atoms with Crippen molar-refractivity contribution in [1.82, 2.24) is 30.9 Å². The van der Waals surface area contributed by atoms with Crippen LogP contribution in [0.4, 0.5) is 0 Å². The van der Waals surface area contributed by atoms with Crippen molar-refractivity contribution in [2.24, 2.45) is 5.92 Å². The molecule has 51 heavy (non-hydrogen) atoms. The van der Waals surface area contributed by atoms with Gasteiger partial charge in [0.05, 0.1) is 12.6 Å². The van der Waals surface area contributed by atoms with Gasteiger partial charge in [-0.25, -0.2) is 0 Å². The van der Waals surface area contributed by atoms with Crippen LogP contribution in [0, 0.1) is 5.92 Å². The lowest BCUT2D eigenvalue weighted by Crippen LogP contribution is -2.60. The van der Waals surface area contributed by atoms with Crippen LogP contribution in [0.3, 0.4) is 0 Å². The van der Waals surface area contributed by atoms with E-state index in [-0.39, 0.29) is 44.0 Å². The third-order valence-electron chi connectivity index (χ3n) is 9.26. The van der Waals surface area contributed by atoms with E-state index in [2.05, 4.69) is 21.1 Å². The molecule has 14 nitrogen and oxygen atoms in total. The number of hydrogen-bond donors (Lipinski definition) is 4. The van der Waals surface area contributed by atoms with Gasteiger partial charge in [0.15, 0.2) is 11.5 Å². The predicted molar refractivity (Wildman–Crippen MR) is 186 cm³/mol.